The van der Waals surface area contributed by atoms with E-state index in [-0.39, 0.29) is 11.8 Å². The first-order chi connectivity index (χ1) is 15.6. The molecule has 1 saturated heterocycles. The second kappa shape index (κ2) is 10.2. The molecular weight excluding hydrogens is 422 g/mol. The second-order valence-electron chi connectivity index (χ2n) is 7.53. The van der Waals surface area contributed by atoms with Gasteiger partial charge in [0.1, 0.15) is 12.4 Å². The topological polar surface area (TPSA) is 62.7 Å². The van der Waals surface area contributed by atoms with Crippen molar-refractivity contribution >= 4 is 29.2 Å². The molecule has 0 radical (unpaired) electrons. The third-order valence-electron chi connectivity index (χ3n) is 5.25. The minimum Gasteiger partial charge on any atom is -0.487 e. The summed E-state index contributed by atoms with van der Waals surface area (Å²) in [6.45, 7) is 4.56. The summed E-state index contributed by atoms with van der Waals surface area (Å²) in [7, 11) is 0. The molecule has 1 aliphatic rings. The SMILES string of the molecule is Cc1nc(COc2ccc(/C=C/C(=O)N3CCN(C(=O)c4ccccc4)CC3)cc2)cs1. The van der Waals surface area contributed by atoms with Gasteiger partial charge in [0.05, 0.1) is 10.7 Å². The molecule has 0 aliphatic carbocycles. The lowest BCUT2D eigenvalue weighted by molar-refractivity contribution is -0.127. The molecule has 0 atom stereocenters. The van der Waals surface area contributed by atoms with Crippen LogP contribution in [0.3, 0.4) is 0 Å². The molecular formula is C25H25N3O3S. The number of aromatic nitrogens is 1. The molecule has 32 heavy (non-hydrogen) atoms. The second-order valence-corrected chi connectivity index (χ2v) is 8.59. The summed E-state index contributed by atoms with van der Waals surface area (Å²) in [5.74, 6) is 0.731. The van der Waals surface area contributed by atoms with Gasteiger partial charge in [0.25, 0.3) is 5.91 Å². The van der Waals surface area contributed by atoms with E-state index in [0.717, 1.165) is 22.0 Å². The summed E-state index contributed by atoms with van der Waals surface area (Å²) in [6.07, 6.45) is 3.39. The van der Waals surface area contributed by atoms with Gasteiger partial charge in [-0.15, -0.1) is 11.3 Å². The molecule has 1 fully saturated rings. The Morgan fingerprint density at radius 1 is 1.00 bits per heavy atom. The van der Waals surface area contributed by atoms with Crippen molar-refractivity contribution in [3.05, 3.63) is 87.9 Å². The van der Waals surface area contributed by atoms with Crippen LogP contribution in [0.1, 0.15) is 26.6 Å². The molecule has 7 heteroatoms. The van der Waals surface area contributed by atoms with E-state index in [2.05, 4.69) is 4.98 Å². The van der Waals surface area contributed by atoms with Crippen LogP contribution < -0.4 is 4.74 Å². The lowest BCUT2D eigenvalue weighted by Gasteiger charge is -2.34. The van der Waals surface area contributed by atoms with Crippen molar-refractivity contribution in [3.8, 4) is 5.75 Å². The van der Waals surface area contributed by atoms with Gasteiger partial charge in [-0.3, -0.25) is 9.59 Å². The Morgan fingerprint density at radius 2 is 1.69 bits per heavy atom. The fourth-order valence-electron chi connectivity index (χ4n) is 3.47. The van der Waals surface area contributed by atoms with E-state index in [9.17, 15) is 9.59 Å². The van der Waals surface area contributed by atoms with E-state index >= 15 is 0 Å². The van der Waals surface area contributed by atoms with Gasteiger partial charge in [-0.05, 0) is 42.8 Å². The van der Waals surface area contributed by atoms with Crippen LogP contribution in [0.2, 0.25) is 0 Å². The van der Waals surface area contributed by atoms with Crippen LogP contribution in [-0.2, 0) is 11.4 Å². The highest BCUT2D eigenvalue weighted by atomic mass is 32.1. The van der Waals surface area contributed by atoms with Crippen LogP contribution in [-0.4, -0.2) is 52.8 Å². The molecule has 164 valence electrons. The Bertz CT molecular complexity index is 1090. The van der Waals surface area contributed by atoms with Crippen LogP contribution >= 0.6 is 11.3 Å². The van der Waals surface area contributed by atoms with Gasteiger partial charge >= 0.3 is 0 Å². The number of amides is 2. The number of thiazole rings is 1. The molecule has 3 aromatic rings. The quantitative estimate of drug-likeness (QED) is 0.536. The van der Waals surface area contributed by atoms with Gasteiger partial charge in [0, 0.05) is 43.2 Å². The first-order valence-electron chi connectivity index (χ1n) is 10.5. The van der Waals surface area contributed by atoms with Crippen LogP contribution in [0.5, 0.6) is 5.75 Å². The maximum absolute atomic E-state index is 12.6. The number of ether oxygens (including phenoxy) is 1. The molecule has 2 aromatic carbocycles. The fourth-order valence-corrected chi connectivity index (χ4v) is 4.07. The van der Waals surface area contributed by atoms with Crippen LogP contribution in [0.25, 0.3) is 6.08 Å². The van der Waals surface area contributed by atoms with Crippen molar-refractivity contribution in [1.82, 2.24) is 14.8 Å². The number of hydrogen-bond donors (Lipinski definition) is 0. The smallest absolute Gasteiger partial charge is 0.253 e. The standard InChI is InChI=1S/C25H25N3O3S/c1-19-26-22(18-32-19)17-31-23-10-7-20(8-11-23)9-12-24(29)27-13-15-28(16-14-27)25(30)21-5-3-2-4-6-21/h2-12,18H,13-17H2,1H3/b12-9+. The number of aryl methyl sites for hydroxylation is 1. The van der Waals surface area contributed by atoms with E-state index in [0.29, 0.717) is 38.3 Å². The summed E-state index contributed by atoms with van der Waals surface area (Å²) in [5.41, 5.74) is 2.53. The van der Waals surface area contributed by atoms with Gasteiger partial charge in [-0.25, -0.2) is 4.98 Å². The maximum Gasteiger partial charge on any atom is 0.253 e. The number of carbonyl (C=O) groups is 2. The predicted molar refractivity (Wildman–Crippen MR) is 126 cm³/mol. The predicted octanol–water partition coefficient (Wildman–Crippen LogP) is 4.03. The Morgan fingerprint density at radius 3 is 2.34 bits per heavy atom. The molecule has 2 amide bonds. The summed E-state index contributed by atoms with van der Waals surface area (Å²) in [6, 6.07) is 16.9. The molecule has 0 bridgehead atoms. The van der Waals surface area contributed by atoms with E-state index < -0.39 is 0 Å². The molecule has 0 unspecified atom stereocenters. The Kier molecular flexibility index (Phi) is 6.97. The highest BCUT2D eigenvalue weighted by Gasteiger charge is 2.23. The number of piperazine rings is 1. The lowest BCUT2D eigenvalue weighted by atomic mass is 10.1. The molecule has 0 saturated carbocycles. The van der Waals surface area contributed by atoms with Crippen molar-refractivity contribution in [3.63, 3.8) is 0 Å². The third-order valence-corrected chi connectivity index (χ3v) is 6.07. The number of nitrogens with zero attached hydrogens (tertiary/aromatic N) is 3. The summed E-state index contributed by atoms with van der Waals surface area (Å²) < 4.78 is 5.76. The Hall–Kier alpha value is -3.45. The van der Waals surface area contributed by atoms with Gasteiger partial charge in [0.15, 0.2) is 0 Å². The van der Waals surface area contributed by atoms with Gasteiger partial charge in [-0.1, -0.05) is 30.3 Å². The van der Waals surface area contributed by atoms with Gasteiger partial charge < -0.3 is 14.5 Å². The molecule has 2 heterocycles. The van der Waals surface area contributed by atoms with Crippen molar-refractivity contribution in [2.75, 3.05) is 26.2 Å². The molecule has 4 rings (SSSR count). The normalized spacial score (nSPS) is 14.0. The minimum atomic E-state index is -0.0453. The molecule has 6 nitrogen and oxygen atoms in total. The summed E-state index contributed by atoms with van der Waals surface area (Å²) in [5, 5.41) is 3.02. The lowest BCUT2D eigenvalue weighted by Crippen LogP contribution is -2.50. The van der Waals surface area contributed by atoms with Crippen LogP contribution in [0.15, 0.2) is 66.1 Å². The zero-order chi connectivity index (χ0) is 22.3. The fraction of sp³-hybridized carbons (Fsp3) is 0.240. The largest absolute Gasteiger partial charge is 0.487 e. The number of benzene rings is 2. The Balaban J connectivity index is 1.25. The minimum absolute atomic E-state index is 0.0143. The van der Waals surface area contributed by atoms with E-state index in [1.807, 2.05) is 66.9 Å². The zero-order valence-corrected chi connectivity index (χ0v) is 18.8. The monoisotopic (exact) mass is 447 g/mol. The molecule has 1 aliphatic heterocycles. The Labute approximate surface area is 191 Å². The number of rotatable bonds is 6. The van der Waals surface area contributed by atoms with Crippen molar-refractivity contribution in [2.24, 2.45) is 0 Å². The summed E-state index contributed by atoms with van der Waals surface area (Å²) >= 11 is 1.61. The summed E-state index contributed by atoms with van der Waals surface area (Å²) in [4.78, 5) is 33.1. The zero-order valence-electron chi connectivity index (χ0n) is 17.9. The third kappa shape index (κ3) is 5.62. The average molecular weight is 448 g/mol. The van der Waals surface area contributed by atoms with Gasteiger partial charge in [0.2, 0.25) is 5.91 Å². The number of carbonyl (C=O) groups excluding carboxylic acids is 2. The van der Waals surface area contributed by atoms with Crippen molar-refractivity contribution < 1.29 is 14.3 Å². The number of hydrogen-bond acceptors (Lipinski definition) is 5. The van der Waals surface area contributed by atoms with E-state index in [4.69, 9.17) is 4.74 Å². The van der Waals surface area contributed by atoms with Crippen LogP contribution in [0.4, 0.5) is 0 Å². The molecule has 1 aromatic heterocycles. The highest BCUT2D eigenvalue weighted by Crippen LogP contribution is 2.16. The molecule has 0 N–H and O–H groups in total. The average Bonchev–Trinajstić information content (AvgIpc) is 3.27. The van der Waals surface area contributed by atoms with E-state index in [1.54, 1.807) is 33.3 Å². The van der Waals surface area contributed by atoms with E-state index in [1.165, 1.54) is 0 Å². The highest BCUT2D eigenvalue weighted by molar-refractivity contribution is 7.09. The van der Waals surface area contributed by atoms with Crippen molar-refractivity contribution in [2.45, 2.75) is 13.5 Å². The first-order valence-corrected chi connectivity index (χ1v) is 11.4. The van der Waals surface area contributed by atoms with Crippen molar-refractivity contribution in [1.29, 1.82) is 0 Å². The van der Waals surface area contributed by atoms with Crippen LogP contribution in [0, 0.1) is 6.92 Å². The van der Waals surface area contributed by atoms with Gasteiger partial charge in [-0.2, -0.15) is 0 Å². The molecule has 0 spiro atoms. The first kappa shape index (κ1) is 21.8. The maximum atomic E-state index is 12.6.